The first-order valence-corrected chi connectivity index (χ1v) is 5.43. The average molecular weight is 222 g/mol. The van der Waals surface area contributed by atoms with Gasteiger partial charge in [0.05, 0.1) is 6.61 Å². The number of nitrogens with one attached hydrogen (secondary N) is 2. The van der Waals surface area contributed by atoms with Gasteiger partial charge in [-0.05, 0) is 38.2 Å². The van der Waals surface area contributed by atoms with Crippen LogP contribution >= 0.6 is 0 Å². The minimum Gasteiger partial charge on any atom is -0.494 e. The Morgan fingerprint density at radius 1 is 1.25 bits per heavy atom. The molecule has 88 valence electrons. The summed E-state index contributed by atoms with van der Waals surface area (Å²) >= 11 is 0. The number of carbonyl (C=O) groups is 1. The molecule has 0 heterocycles. The number of benzene rings is 1. The van der Waals surface area contributed by atoms with Crippen LogP contribution in [-0.2, 0) is 0 Å². The lowest BCUT2D eigenvalue weighted by Gasteiger charge is -2.06. The first-order chi connectivity index (χ1) is 7.77. The van der Waals surface area contributed by atoms with E-state index in [0.717, 1.165) is 12.3 Å². The third-order valence-electron chi connectivity index (χ3n) is 2.09. The maximum Gasteiger partial charge on any atom is 0.251 e. The summed E-state index contributed by atoms with van der Waals surface area (Å²) in [6.07, 6.45) is 0. The largest absolute Gasteiger partial charge is 0.494 e. The van der Waals surface area contributed by atoms with Gasteiger partial charge < -0.3 is 15.4 Å². The number of carbonyl (C=O) groups excluding carboxylic acids is 1. The molecule has 0 unspecified atom stereocenters. The summed E-state index contributed by atoms with van der Waals surface area (Å²) in [4.78, 5) is 11.6. The molecule has 0 atom stereocenters. The molecule has 0 fully saturated rings. The van der Waals surface area contributed by atoms with Crippen LogP contribution in [0.25, 0.3) is 0 Å². The van der Waals surface area contributed by atoms with Gasteiger partial charge in [0, 0.05) is 18.7 Å². The van der Waals surface area contributed by atoms with Crippen LogP contribution in [0, 0.1) is 0 Å². The highest BCUT2D eigenvalue weighted by atomic mass is 16.5. The molecule has 0 aliphatic heterocycles. The van der Waals surface area contributed by atoms with E-state index >= 15 is 0 Å². The molecule has 0 saturated carbocycles. The predicted molar refractivity (Wildman–Crippen MR) is 63.9 cm³/mol. The number of rotatable bonds is 6. The number of hydrogen-bond acceptors (Lipinski definition) is 3. The zero-order chi connectivity index (χ0) is 11.8. The van der Waals surface area contributed by atoms with Gasteiger partial charge >= 0.3 is 0 Å². The molecule has 4 nitrogen and oxygen atoms in total. The van der Waals surface area contributed by atoms with Crippen LogP contribution in [0.15, 0.2) is 24.3 Å². The Bertz CT molecular complexity index is 322. The van der Waals surface area contributed by atoms with Crippen LogP contribution in [0.3, 0.4) is 0 Å². The third kappa shape index (κ3) is 3.90. The van der Waals surface area contributed by atoms with Gasteiger partial charge in [-0.25, -0.2) is 0 Å². The second kappa shape index (κ2) is 6.85. The smallest absolute Gasteiger partial charge is 0.251 e. The fraction of sp³-hybridized carbons (Fsp3) is 0.417. The highest BCUT2D eigenvalue weighted by Crippen LogP contribution is 2.11. The molecule has 0 aromatic heterocycles. The molecule has 1 rings (SSSR count). The molecule has 0 saturated heterocycles. The highest BCUT2D eigenvalue weighted by molar-refractivity contribution is 5.94. The van der Waals surface area contributed by atoms with Crippen molar-refractivity contribution >= 4 is 5.91 Å². The number of ether oxygens (including phenoxy) is 1. The highest BCUT2D eigenvalue weighted by Gasteiger charge is 2.03. The first-order valence-electron chi connectivity index (χ1n) is 5.43. The summed E-state index contributed by atoms with van der Waals surface area (Å²) in [5, 5.41) is 5.77. The van der Waals surface area contributed by atoms with Crippen LogP contribution < -0.4 is 15.4 Å². The monoisotopic (exact) mass is 222 g/mol. The Morgan fingerprint density at radius 2 is 1.94 bits per heavy atom. The molecular weight excluding hydrogens is 204 g/mol. The fourth-order valence-corrected chi connectivity index (χ4v) is 1.27. The van der Waals surface area contributed by atoms with Gasteiger partial charge in [-0.1, -0.05) is 0 Å². The van der Waals surface area contributed by atoms with Gasteiger partial charge in [0.15, 0.2) is 0 Å². The minimum atomic E-state index is -0.0571. The van der Waals surface area contributed by atoms with E-state index in [4.69, 9.17) is 4.74 Å². The van der Waals surface area contributed by atoms with Gasteiger partial charge in [-0.2, -0.15) is 0 Å². The Hall–Kier alpha value is -1.55. The summed E-state index contributed by atoms with van der Waals surface area (Å²) in [5.41, 5.74) is 0.652. The third-order valence-corrected chi connectivity index (χ3v) is 2.09. The lowest BCUT2D eigenvalue weighted by atomic mass is 10.2. The van der Waals surface area contributed by atoms with Crippen molar-refractivity contribution in [3.8, 4) is 5.75 Å². The van der Waals surface area contributed by atoms with Crippen molar-refractivity contribution in [3.63, 3.8) is 0 Å². The standard InChI is InChI=1S/C12H18N2O2/c1-3-16-11-6-4-10(5-7-11)12(15)14-9-8-13-2/h4-7,13H,3,8-9H2,1-2H3,(H,14,15). The number of likely N-dealkylation sites (N-methyl/N-ethyl adjacent to an activating group) is 1. The summed E-state index contributed by atoms with van der Waals surface area (Å²) in [6, 6.07) is 7.13. The van der Waals surface area contributed by atoms with E-state index in [1.165, 1.54) is 0 Å². The van der Waals surface area contributed by atoms with Gasteiger partial charge in [0.1, 0.15) is 5.75 Å². The lowest BCUT2D eigenvalue weighted by molar-refractivity contribution is 0.0954. The molecule has 0 bridgehead atoms. The predicted octanol–water partition coefficient (Wildman–Crippen LogP) is 1.03. The van der Waals surface area contributed by atoms with E-state index < -0.39 is 0 Å². The van der Waals surface area contributed by atoms with E-state index in [1.54, 1.807) is 24.3 Å². The fourth-order valence-electron chi connectivity index (χ4n) is 1.27. The molecule has 16 heavy (non-hydrogen) atoms. The second-order valence-electron chi connectivity index (χ2n) is 3.32. The lowest BCUT2D eigenvalue weighted by Crippen LogP contribution is -2.30. The van der Waals surface area contributed by atoms with Crippen molar-refractivity contribution in [1.82, 2.24) is 10.6 Å². The Morgan fingerprint density at radius 3 is 2.50 bits per heavy atom. The Labute approximate surface area is 96.0 Å². The average Bonchev–Trinajstić information content (AvgIpc) is 2.30. The van der Waals surface area contributed by atoms with E-state index in [2.05, 4.69) is 10.6 Å². The van der Waals surface area contributed by atoms with Gasteiger partial charge in [-0.15, -0.1) is 0 Å². The maximum absolute atomic E-state index is 11.6. The zero-order valence-electron chi connectivity index (χ0n) is 9.75. The summed E-state index contributed by atoms with van der Waals surface area (Å²) in [5.74, 6) is 0.729. The van der Waals surface area contributed by atoms with E-state index in [-0.39, 0.29) is 5.91 Å². The summed E-state index contributed by atoms with van der Waals surface area (Å²) in [7, 11) is 1.85. The molecule has 4 heteroatoms. The van der Waals surface area contributed by atoms with Crippen LogP contribution in [0.5, 0.6) is 5.75 Å². The van der Waals surface area contributed by atoms with Crippen LogP contribution in [0.2, 0.25) is 0 Å². The van der Waals surface area contributed by atoms with Crippen molar-refractivity contribution in [3.05, 3.63) is 29.8 Å². The van der Waals surface area contributed by atoms with Crippen molar-refractivity contribution in [2.45, 2.75) is 6.92 Å². The molecule has 1 aromatic rings. The molecule has 1 aromatic carbocycles. The molecule has 1 amide bonds. The number of amides is 1. The van der Waals surface area contributed by atoms with E-state index in [0.29, 0.717) is 18.7 Å². The molecule has 2 N–H and O–H groups in total. The SMILES string of the molecule is CCOc1ccc(C(=O)NCCNC)cc1. The number of hydrogen-bond donors (Lipinski definition) is 2. The van der Waals surface area contributed by atoms with E-state index in [9.17, 15) is 4.79 Å². The Balaban J connectivity index is 2.49. The topological polar surface area (TPSA) is 50.4 Å². The van der Waals surface area contributed by atoms with Crippen molar-refractivity contribution < 1.29 is 9.53 Å². The first kappa shape index (κ1) is 12.5. The molecular formula is C12H18N2O2. The normalized spacial score (nSPS) is 9.88. The second-order valence-corrected chi connectivity index (χ2v) is 3.32. The van der Waals surface area contributed by atoms with Crippen LogP contribution in [0.4, 0.5) is 0 Å². The molecule has 0 spiro atoms. The maximum atomic E-state index is 11.6. The van der Waals surface area contributed by atoms with Crippen molar-refractivity contribution in [1.29, 1.82) is 0 Å². The van der Waals surface area contributed by atoms with Crippen LogP contribution in [-0.4, -0.2) is 32.7 Å². The van der Waals surface area contributed by atoms with E-state index in [1.807, 2.05) is 14.0 Å². The summed E-state index contributed by atoms with van der Waals surface area (Å²) in [6.45, 7) is 3.96. The van der Waals surface area contributed by atoms with Gasteiger partial charge in [0.2, 0.25) is 0 Å². The molecule has 0 radical (unpaired) electrons. The van der Waals surface area contributed by atoms with Crippen molar-refractivity contribution in [2.75, 3.05) is 26.7 Å². The van der Waals surface area contributed by atoms with Gasteiger partial charge in [0.25, 0.3) is 5.91 Å². The zero-order valence-corrected chi connectivity index (χ0v) is 9.75. The summed E-state index contributed by atoms with van der Waals surface area (Å²) < 4.78 is 5.30. The van der Waals surface area contributed by atoms with Crippen LogP contribution in [0.1, 0.15) is 17.3 Å². The molecule has 0 aliphatic rings. The quantitative estimate of drug-likeness (QED) is 0.707. The van der Waals surface area contributed by atoms with Crippen molar-refractivity contribution in [2.24, 2.45) is 0 Å². The van der Waals surface area contributed by atoms with Gasteiger partial charge in [-0.3, -0.25) is 4.79 Å². The molecule has 0 aliphatic carbocycles. The minimum absolute atomic E-state index is 0.0571. The Kier molecular flexibility index (Phi) is 5.36.